The van der Waals surface area contributed by atoms with Crippen LogP contribution in [0.15, 0.2) is 78.5 Å². The van der Waals surface area contributed by atoms with Gasteiger partial charge in [-0.3, -0.25) is 19.7 Å². The fourth-order valence-corrected chi connectivity index (χ4v) is 5.59. The van der Waals surface area contributed by atoms with Gasteiger partial charge in [-0.1, -0.05) is 55.5 Å². The predicted octanol–water partition coefficient (Wildman–Crippen LogP) is 4.42. The van der Waals surface area contributed by atoms with Gasteiger partial charge >= 0.3 is 11.9 Å². The van der Waals surface area contributed by atoms with Gasteiger partial charge in [-0.2, -0.15) is 0 Å². The van der Waals surface area contributed by atoms with Crippen molar-refractivity contribution in [1.29, 1.82) is 0 Å². The molecule has 10 heteroatoms. The molecule has 41 heavy (non-hydrogen) atoms. The number of non-ortho nitro benzene ring substituents is 1. The molecule has 2 heterocycles. The first-order valence-electron chi connectivity index (χ1n) is 13.0. The van der Waals surface area contributed by atoms with Crippen LogP contribution >= 0.6 is 0 Å². The zero-order valence-electron chi connectivity index (χ0n) is 22.4. The largest absolute Gasteiger partial charge is 0.393 e. The van der Waals surface area contributed by atoms with E-state index in [0.29, 0.717) is 16.7 Å². The van der Waals surface area contributed by atoms with E-state index in [9.17, 15) is 34.4 Å². The Morgan fingerprint density at radius 3 is 1.90 bits per heavy atom. The number of esters is 2. The minimum absolute atomic E-state index is 0.0322. The number of ether oxygens (including phenoxy) is 1. The Morgan fingerprint density at radius 1 is 0.878 bits per heavy atom. The van der Waals surface area contributed by atoms with E-state index in [1.807, 2.05) is 31.2 Å². The summed E-state index contributed by atoms with van der Waals surface area (Å²) in [5, 5.41) is 21.2. The van der Waals surface area contributed by atoms with E-state index in [2.05, 4.69) is 0 Å². The number of aliphatic hydroxyl groups excluding tert-OH is 1. The summed E-state index contributed by atoms with van der Waals surface area (Å²) in [4.78, 5) is 62.4. The zero-order valence-corrected chi connectivity index (χ0v) is 22.4. The number of fused-ring (bicyclic) bond motifs is 1. The lowest BCUT2D eigenvalue weighted by Crippen LogP contribution is -2.63. The van der Waals surface area contributed by atoms with Crippen LogP contribution in [0.1, 0.15) is 47.1 Å². The Morgan fingerprint density at radius 2 is 1.39 bits per heavy atom. The maximum absolute atomic E-state index is 13.4. The van der Waals surface area contributed by atoms with Crippen molar-refractivity contribution in [2.45, 2.75) is 32.9 Å². The van der Waals surface area contributed by atoms with E-state index in [-0.39, 0.29) is 28.6 Å². The normalized spacial score (nSPS) is 20.2. The second-order valence-corrected chi connectivity index (χ2v) is 10.2. The van der Waals surface area contributed by atoms with Gasteiger partial charge in [-0.15, -0.1) is 0 Å². The molecule has 1 N–H and O–H groups in total. The van der Waals surface area contributed by atoms with Crippen LogP contribution < -0.4 is 0 Å². The Balaban J connectivity index is 1.48. The summed E-state index contributed by atoms with van der Waals surface area (Å²) in [6.07, 6.45) is -0.940. The number of amides is 1. The lowest BCUT2D eigenvalue weighted by atomic mass is 9.77. The first-order chi connectivity index (χ1) is 19.5. The van der Waals surface area contributed by atoms with E-state index < -0.39 is 40.8 Å². The van der Waals surface area contributed by atoms with Crippen molar-refractivity contribution in [3.63, 3.8) is 0 Å². The summed E-state index contributed by atoms with van der Waals surface area (Å²) in [5.41, 5.74) is 3.14. The number of hydrogen-bond donors (Lipinski definition) is 1. The molecule has 3 aromatic carbocycles. The van der Waals surface area contributed by atoms with E-state index in [4.69, 9.17) is 4.74 Å². The molecule has 0 aromatic heterocycles. The van der Waals surface area contributed by atoms with Crippen LogP contribution in [0.2, 0.25) is 0 Å². The van der Waals surface area contributed by atoms with Gasteiger partial charge in [0, 0.05) is 23.6 Å². The summed E-state index contributed by atoms with van der Waals surface area (Å²) >= 11 is 0. The van der Waals surface area contributed by atoms with Gasteiger partial charge in [0.15, 0.2) is 5.78 Å². The Labute approximate surface area is 235 Å². The number of nitro groups is 1. The number of Topliss-reactive ketones (excluding diaryl/α,β-unsaturated/α-hetero) is 1. The average molecular weight is 555 g/mol. The average Bonchev–Trinajstić information content (AvgIpc) is 3.21. The fraction of sp³-hybridized carbons (Fsp3) is 0.226. The number of nitrogens with zero attached hydrogens (tertiary/aromatic N) is 2. The molecule has 0 bridgehead atoms. The van der Waals surface area contributed by atoms with Gasteiger partial charge in [0.05, 0.1) is 28.6 Å². The Bertz CT molecular complexity index is 1610. The van der Waals surface area contributed by atoms with E-state index in [0.717, 1.165) is 23.3 Å². The number of β-lactam (4-membered cyclic amide) rings is 1. The number of aliphatic hydroxyl groups is 1. The third-order valence-corrected chi connectivity index (χ3v) is 7.69. The first kappa shape index (κ1) is 27.6. The van der Waals surface area contributed by atoms with E-state index in [1.54, 1.807) is 24.3 Å². The topological polar surface area (TPSA) is 144 Å². The van der Waals surface area contributed by atoms with Crippen LogP contribution in [0.4, 0.5) is 5.69 Å². The highest BCUT2D eigenvalue weighted by Crippen LogP contribution is 2.50. The highest BCUT2D eigenvalue weighted by molar-refractivity contribution is 6.11. The van der Waals surface area contributed by atoms with E-state index in [1.165, 1.54) is 30.9 Å². The number of rotatable bonds is 7. The van der Waals surface area contributed by atoms with Crippen LogP contribution in [0.3, 0.4) is 0 Å². The Hall–Kier alpha value is -4.96. The predicted molar refractivity (Wildman–Crippen MR) is 147 cm³/mol. The molecule has 4 atom stereocenters. The smallest absolute Gasteiger partial charge is 0.363 e. The monoisotopic (exact) mass is 554 g/mol. The van der Waals surface area contributed by atoms with Gasteiger partial charge < -0.3 is 14.7 Å². The lowest BCUT2D eigenvalue weighted by molar-refractivity contribution is -0.384. The van der Waals surface area contributed by atoms with Crippen molar-refractivity contribution in [2.75, 3.05) is 0 Å². The molecular weight excluding hydrogens is 528 g/mol. The third kappa shape index (κ3) is 4.82. The van der Waals surface area contributed by atoms with Crippen LogP contribution in [0.25, 0.3) is 16.7 Å². The van der Waals surface area contributed by atoms with Gasteiger partial charge in [0.1, 0.15) is 5.70 Å². The van der Waals surface area contributed by atoms with Crippen LogP contribution in [0.5, 0.6) is 0 Å². The maximum atomic E-state index is 13.4. The standard InChI is InChI=1S/C31H26N2O8/c1-16-25(22-10-8-21(9-11-22)20-6-4-19(5-7-20)17(2)34)28(32-27(16)26(18(3)35)29(32)36)31(38)41-30(37)23-12-14-24(15-13-23)33(39)40/h4-16,18,26-27,35H,1-3H3/t16-,18+,26+,27+/m0/s1. The number of benzene rings is 3. The first-order valence-corrected chi connectivity index (χ1v) is 13.0. The second-order valence-electron chi connectivity index (χ2n) is 10.2. The molecule has 1 saturated heterocycles. The third-order valence-electron chi connectivity index (χ3n) is 7.69. The molecule has 0 saturated carbocycles. The molecule has 2 aliphatic rings. The molecule has 1 fully saturated rings. The second kappa shape index (κ2) is 10.5. The Kier molecular flexibility index (Phi) is 7.10. The quantitative estimate of drug-likeness (QED) is 0.113. The van der Waals surface area contributed by atoms with Gasteiger partial charge in [0.25, 0.3) is 5.69 Å². The number of ketones is 1. The summed E-state index contributed by atoms with van der Waals surface area (Å²) < 4.78 is 5.15. The van der Waals surface area contributed by atoms with Gasteiger partial charge in [-0.05, 0) is 48.2 Å². The highest BCUT2D eigenvalue weighted by atomic mass is 16.6. The summed E-state index contributed by atoms with van der Waals surface area (Å²) in [6.45, 7) is 4.87. The molecule has 0 unspecified atom stereocenters. The molecular formula is C31H26N2O8. The molecule has 208 valence electrons. The SMILES string of the molecule is CC(=O)c1ccc(-c2ccc(C3=C(C(=O)OC(=O)c4ccc([N+](=O)[O-])cc4)N4C(=O)[C@H]([C@@H](C)O)[C@H]4[C@H]3C)cc2)cc1. The summed E-state index contributed by atoms with van der Waals surface area (Å²) in [7, 11) is 0. The minimum atomic E-state index is -1.03. The van der Waals surface area contributed by atoms with Crippen molar-refractivity contribution in [3.8, 4) is 11.1 Å². The van der Waals surface area contributed by atoms with E-state index >= 15 is 0 Å². The summed E-state index contributed by atoms with van der Waals surface area (Å²) in [6, 6.07) is 18.6. The highest BCUT2D eigenvalue weighted by Gasteiger charge is 2.60. The molecule has 3 aromatic rings. The van der Waals surface area contributed by atoms with Crippen molar-refractivity contribution in [2.24, 2.45) is 11.8 Å². The molecule has 2 aliphatic heterocycles. The number of hydrogen-bond acceptors (Lipinski definition) is 8. The molecule has 0 spiro atoms. The van der Waals surface area contributed by atoms with Gasteiger partial charge in [0.2, 0.25) is 5.91 Å². The van der Waals surface area contributed by atoms with Crippen LogP contribution in [-0.4, -0.2) is 50.7 Å². The maximum Gasteiger partial charge on any atom is 0.363 e. The minimum Gasteiger partial charge on any atom is -0.393 e. The molecule has 5 rings (SSSR count). The molecule has 10 nitrogen and oxygen atoms in total. The number of carbonyl (C=O) groups excluding carboxylic acids is 4. The van der Waals surface area contributed by atoms with Crippen molar-refractivity contribution < 1.29 is 33.9 Å². The van der Waals surface area contributed by atoms with Gasteiger partial charge in [-0.25, -0.2) is 9.59 Å². The van der Waals surface area contributed by atoms with Crippen molar-refractivity contribution >= 4 is 34.9 Å². The lowest BCUT2D eigenvalue weighted by Gasteiger charge is -2.46. The molecule has 0 aliphatic carbocycles. The molecule has 1 amide bonds. The fourth-order valence-electron chi connectivity index (χ4n) is 5.59. The van der Waals surface area contributed by atoms with Crippen molar-refractivity contribution in [3.05, 3.63) is 105 Å². The number of carbonyl (C=O) groups is 4. The van der Waals surface area contributed by atoms with Crippen LogP contribution in [-0.2, 0) is 14.3 Å². The summed E-state index contributed by atoms with van der Waals surface area (Å²) in [5.74, 6) is -3.59. The zero-order chi connectivity index (χ0) is 29.6. The number of nitro benzene ring substituents is 1. The molecule has 0 radical (unpaired) electrons. The van der Waals surface area contributed by atoms with Crippen molar-refractivity contribution in [1.82, 2.24) is 4.90 Å². The van der Waals surface area contributed by atoms with Crippen LogP contribution in [0, 0.1) is 22.0 Å².